The number of fused-ring (bicyclic) bond motifs is 1. The topological polar surface area (TPSA) is 4.93 Å². The molecule has 1 aromatic carbocycles. The fourth-order valence-electron chi connectivity index (χ4n) is 1.50. The molecule has 0 aliphatic rings. The van der Waals surface area contributed by atoms with Gasteiger partial charge in [-0.15, -0.1) is 0 Å². The summed E-state index contributed by atoms with van der Waals surface area (Å²) in [5, 5.41) is 4.59. The SMILES string of the molecule is S=c1c2ccccc2[se]n1-c1cccs1. The molecule has 4 heteroatoms. The van der Waals surface area contributed by atoms with E-state index in [1.54, 1.807) is 11.3 Å². The molecule has 0 atom stereocenters. The molecule has 0 N–H and O–H groups in total. The Kier molecular flexibility index (Phi) is 2.37. The van der Waals surface area contributed by atoms with Crippen LogP contribution in [0.5, 0.6) is 0 Å². The zero-order valence-electron chi connectivity index (χ0n) is 7.71. The molecule has 0 aliphatic heterocycles. The van der Waals surface area contributed by atoms with Gasteiger partial charge in [0.2, 0.25) is 0 Å². The maximum absolute atomic E-state index is 5.49. The van der Waals surface area contributed by atoms with Crippen LogP contribution in [0, 0.1) is 4.64 Å². The van der Waals surface area contributed by atoms with Crippen LogP contribution in [0.15, 0.2) is 41.8 Å². The van der Waals surface area contributed by atoms with Crippen LogP contribution in [0.3, 0.4) is 0 Å². The molecule has 0 unspecified atom stereocenters. The molecule has 0 saturated heterocycles. The van der Waals surface area contributed by atoms with Gasteiger partial charge in [-0.25, -0.2) is 0 Å². The first-order valence-corrected chi connectivity index (χ1v) is 7.42. The van der Waals surface area contributed by atoms with Crippen LogP contribution >= 0.6 is 23.6 Å². The summed E-state index contributed by atoms with van der Waals surface area (Å²) in [6, 6.07) is 12.6. The Balaban J connectivity index is 2.38. The second-order valence-electron chi connectivity index (χ2n) is 3.14. The summed E-state index contributed by atoms with van der Waals surface area (Å²) in [5.41, 5.74) is 0. The van der Waals surface area contributed by atoms with Gasteiger partial charge in [0, 0.05) is 0 Å². The average molecular weight is 296 g/mol. The van der Waals surface area contributed by atoms with Crippen molar-refractivity contribution in [3.05, 3.63) is 46.4 Å². The Morgan fingerprint density at radius 3 is 2.73 bits per heavy atom. The molecule has 0 saturated carbocycles. The Bertz CT molecular complexity index is 649. The van der Waals surface area contributed by atoms with E-state index in [4.69, 9.17) is 12.2 Å². The summed E-state index contributed by atoms with van der Waals surface area (Å²) in [6.07, 6.45) is 0. The van der Waals surface area contributed by atoms with Crippen LogP contribution in [0.1, 0.15) is 0 Å². The minimum absolute atomic E-state index is 0.318. The molecule has 3 rings (SSSR count). The number of aromatic nitrogens is 1. The molecule has 1 nitrogen and oxygen atoms in total. The second-order valence-corrected chi connectivity index (χ2v) is 6.52. The van der Waals surface area contributed by atoms with Gasteiger partial charge < -0.3 is 0 Å². The zero-order chi connectivity index (χ0) is 10.3. The third kappa shape index (κ3) is 1.54. The number of hydrogen-bond donors (Lipinski definition) is 0. The third-order valence-corrected chi connectivity index (χ3v) is 6.31. The fourth-order valence-corrected chi connectivity index (χ4v) is 5.24. The van der Waals surface area contributed by atoms with Crippen LogP contribution in [-0.2, 0) is 0 Å². The van der Waals surface area contributed by atoms with Gasteiger partial charge in [0.05, 0.1) is 0 Å². The first kappa shape index (κ1) is 9.55. The summed E-state index contributed by atoms with van der Waals surface area (Å²) >= 11 is 7.56. The van der Waals surface area contributed by atoms with E-state index in [1.807, 2.05) is 0 Å². The number of benzene rings is 1. The zero-order valence-corrected chi connectivity index (χ0v) is 11.1. The van der Waals surface area contributed by atoms with Crippen LogP contribution in [0.4, 0.5) is 0 Å². The molecular formula is C11H7NS2Se. The van der Waals surface area contributed by atoms with Crippen molar-refractivity contribution in [3.63, 3.8) is 0 Å². The predicted molar refractivity (Wildman–Crippen MR) is 68.9 cm³/mol. The van der Waals surface area contributed by atoms with E-state index in [0.29, 0.717) is 14.7 Å². The van der Waals surface area contributed by atoms with Gasteiger partial charge in [0.15, 0.2) is 0 Å². The number of rotatable bonds is 1. The number of thiophene rings is 1. The van der Waals surface area contributed by atoms with Crippen molar-refractivity contribution >= 4 is 47.9 Å². The van der Waals surface area contributed by atoms with Crippen LogP contribution in [-0.4, -0.2) is 18.3 Å². The number of hydrogen-bond acceptors (Lipinski definition) is 2. The fraction of sp³-hybridized carbons (Fsp3) is 0. The average Bonchev–Trinajstić information content (AvgIpc) is 2.87. The van der Waals surface area contributed by atoms with E-state index in [1.165, 1.54) is 14.6 Å². The molecule has 15 heavy (non-hydrogen) atoms. The summed E-state index contributed by atoms with van der Waals surface area (Å²) in [5.74, 6) is 0. The monoisotopic (exact) mass is 297 g/mol. The van der Waals surface area contributed by atoms with Gasteiger partial charge in [-0.05, 0) is 0 Å². The summed E-state index contributed by atoms with van der Waals surface area (Å²) < 4.78 is 4.63. The van der Waals surface area contributed by atoms with Gasteiger partial charge in [-0.2, -0.15) is 0 Å². The van der Waals surface area contributed by atoms with Gasteiger partial charge in [0.1, 0.15) is 0 Å². The van der Waals surface area contributed by atoms with Crippen molar-refractivity contribution in [2.75, 3.05) is 0 Å². The Morgan fingerprint density at radius 2 is 2.00 bits per heavy atom. The van der Waals surface area contributed by atoms with Crippen molar-refractivity contribution < 1.29 is 0 Å². The molecular weight excluding hydrogens is 289 g/mol. The van der Waals surface area contributed by atoms with E-state index in [2.05, 4.69) is 45.3 Å². The van der Waals surface area contributed by atoms with E-state index < -0.39 is 0 Å². The normalized spacial score (nSPS) is 10.9. The van der Waals surface area contributed by atoms with Gasteiger partial charge in [-0.1, -0.05) is 0 Å². The Morgan fingerprint density at radius 1 is 1.13 bits per heavy atom. The number of nitrogens with zero attached hydrogens (tertiary/aromatic N) is 1. The first-order valence-electron chi connectivity index (χ1n) is 4.51. The molecule has 2 heterocycles. The third-order valence-electron chi connectivity index (χ3n) is 2.20. The van der Waals surface area contributed by atoms with Gasteiger partial charge >= 0.3 is 103 Å². The minimum atomic E-state index is 0.318. The summed E-state index contributed by atoms with van der Waals surface area (Å²) in [6.45, 7) is 0. The molecule has 0 amide bonds. The Labute approximate surface area is 103 Å². The van der Waals surface area contributed by atoms with Crippen LogP contribution in [0.25, 0.3) is 14.6 Å². The van der Waals surface area contributed by atoms with Crippen molar-refractivity contribution in [1.82, 2.24) is 3.56 Å². The predicted octanol–water partition coefficient (Wildman–Crippen LogP) is 3.48. The molecule has 0 aliphatic carbocycles. The van der Waals surface area contributed by atoms with Crippen molar-refractivity contribution in [1.29, 1.82) is 0 Å². The molecule has 74 valence electrons. The van der Waals surface area contributed by atoms with Crippen molar-refractivity contribution in [2.24, 2.45) is 0 Å². The molecule has 0 spiro atoms. The molecule has 3 aromatic rings. The van der Waals surface area contributed by atoms with E-state index in [-0.39, 0.29) is 0 Å². The molecule has 2 aromatic heterocycles. The van der Waals surface area contributed by atoms with E-state index >= 15 is 0 Å². The van der Waals surface area contributed by atoms with Crippen LogP contribution < -0.4 is 0 Å². The molecule has 0 bridgehead atoms. The molecule has 0 radical (unpaired) electrons. The van der Waals surface area contributed by atoms with Gasteiger partial charge in [-0.3, -0.25) is 0 Å². The standard InChI is InChI=1S/C11H7NS2Se/c13-11-8-4-1-2-5-9(8)15-12(11)10-6-3-7-14-10/h1-7H. The van der Waals surface area contributed by atoms with Crippen molar-refractivity contribution in [3.8, 4) is 5.00 Å². The van der Waals surface area contributed by atoms with E-state index in [0.717, 1.165) is 4.64 Å². The summed E-state index contributed by atoms with van der Waals surface area (Å²) in [7, 11) is 0. The van der Waals surface area contributed by atoms with Gasteiger partial charge in [0.25, 0.3) is 0 Å². The maximum atomic E-state index is 5.49. The Hall–Kier alpha value is -0.671. The second kappa shape index (κ2) is 3.72. The first-order chi connectivity index (χ1) is 7.36. The quantitative estimate of drug-likeness (QED) is 0.491. The van der Waals surface area contributed by atoms with Crippen molar-refractivity contribution in [2.45, 2.75) is 0 Å². The van der Waals surface area contributed by atoms with E-state index in [9.17, 15) is 0 Å². The van der Waals surface area contributed by atoms with Crippen LogP contribution in [0.2, 0.25) is 0 Å². The summed E-state index contributed by atoms with van der Waals surface area (Å²) in [4.78, 5) is 0. The molecule has 0 fully saturated rings.